The van der Waals surface area contributed by atoms with E-state index in [0.29, 0.717) is 5.56 Å². The molecule has 0 aromatic carbocycles. The number of nitrogens with zero attached hydrogens (tertiary/aromatic N) is 3. The molecule has 0 aliphatic carbocycles. The van der Waals surface area contributed by atoms with Crippen molar-refractivity contribution in [3.63, 3.8) is 0 Å². The first-order valence-corrected chi connectivity index (χ1v) is 3.41. The molecule has 1 rings (SSSR count). The number of aryl methyl sites for hydroxylation is 1. The van der Waals surface area contributed by atoms with Gasteiger partial charge in [0.25, 0.3) is 0 Å². The topological polar surface area (TPSA) is 41.6 Å². The lowest BCUT2D eigenvalue weighted by Gasteiger charge is -1.78. The Morgan fingerprint density at radius 1 is 1.89 bits per heavy atom. The van der Waals surface area contributed by atoms with Gasteiger partial charge in [0.15, 0.2) is 0 Å². The molecule has 0 atom stereocenters. The predicted molar refractivity (Wildman–Crippen MR) is 40.6 cm³/mol. The van der Waals surface area contributed by atoms with Gasteiger partial charge in [-0.3, -0.25) is 4.68 Å². The zero-order valence-corrected chi connectivity index (χ0v) is 6.95. The monoisotopic (exact) mass is 233 g/mol. The molecule has 0 bridgehead atoms. The summed E-state index contributed by atoms with van der Waals surface area (Å²) in [7, 11) is 1.79. The molecule has 0 saturated carbocycles. The van der Waals surface area contributed by atoms with Gasteiger partial charge in [0.1, 0.15) is 15.3 Å². The van der Waals surface area contributed by atoms with Gasteiger partial charge in [-0.1, -0.05) is 0 Å². The summed E-state index contributed by atoms with van der Waals surface area (Å²) in [5.41, 5.74) is 0.637. The van der Waals surface area contributed by atoms with E-state index in [2.05, 4.69) is 5.10 Å². The van der Waals surface area contributed by atoms with Crippen LogP contribution in [-0.2, 0) is 7.05 Å². The SMILES string of the molecule is Cn1cc(C#N)c(I)n1. The van der Waals surface area contributed by atoms with Crippen molar-refractivity contribution in [2.75, 3.05) is 0 Å². The van der Waals surface area contributed by atoms with E-state index in [4.69, 9.17) is 5.26 Å². The summed E-state index contributed by atoms with van der Waals surface area (Å²) in [6.07, 6.45) is 1.70. The number of halogens is 1. The molecule has 0 unspecified atom stereocenters. The van der Waals surface area contributed by atoms with Gasteiger partial charge in [0.2, 0.25) is 0 Å². The summed E-state index contributed by atoms with van der Waals surface area (Å²) >= 11 is 2.03. The Morgan fingerprint density at radius 2 is 2.56 bits per heavy atom. The summed E-state index contributed by atoms with van der Waals surface area (Å²) in [6.45, 7) is 0. The summed E-state index contributed by atoms with van der Waals surface area (Å²) in [5.74, 6) is 0. The van der Waals surface area contributed by atoms with Crippen LogP contribution in [-0.4, -0.2) is 9.78 Å². The van der Waals surface area contributed by atoms with Crippen molar-refractivity contribution >= 4 is 22.6 Å². The molecule has 0 fully saturated rings. The largest absolute Gasteiger partial charge is 0.273 e. The third-order valence-corrected chi connectivity index (χ3v) is 1.70. The van der Waals surface area contributed by atoms with Crippen molar-refractivity contribution in [2.24, 2.45) is 7.05 Å². The van der Waals surface area contributed by atoms with Crippen LogP contribution in [0.5, 0.6) is 0 Å². The van der Waals surface area contributed by atoms with Gasteiger partial charge in [0, 0.05) is 13.2 Å². The van der Waals surface area contributed by atoms with Crippen LogP contribution < -0.4 is 0 Å². The highest BCUT2D eigenvalue weighted by Gasteiger charge is 2.00. The van der Waals surface area contributed by atoms with Crippen molar-refractivity contribution in [1.29, 1.82) is 5.26 Å². The van der Waals surface area contributed by atoms with Crippen molar-refractivity contribution in [1.82, 2.24) is 9.78 Å². The molecule has 1 heterocycles. The maximum absolute atomic E-state index is 8.42. The van der Waals surface area contributed by atoms with Gasteiger partial charge in [0.05, 0.1) is 0 Å². The van der Waals surface area contributed by atoms with E-state index >= 15 is 0 Å². The second-order valence-electron chi connectivity index (χ2n) is 1.62. The standard InChI is InChI=1S/C5H4IN3/c1-9-3-4(2-7)5(6)8-9/h3H,1H3. The highest BCUT2D eigenvalue weighted by molar-refractivity contribution is 14.1. The van der Waals surface area contributed by atoms with Crippen LogP contribution in [0.3, 0.4) is 0 Å². The first kappa shape index (κ1) is 6.55. The summed E-state index contributed by atoms with van der Waals surface area (Å²) in [4.78, 5) is 0. The van der Waals surface area contributed by atoms with Crippen molar-refractivity contribution < 1.29 is 0 Å². The minimum Gasteiger partial charge on any atom is -0.273 e. The van der Waals surface area contributed by atoms with E-state index in [9.17, 15) is 0 Å². The Morgan fingerprint density at radius 3 is 2.78 bits per heavy atom. The van der Waals surface area contributed by atoms with Gasteiger partial charge in [-0.2, -0.15) is 10.4 Å². The first-order chi connectivity index (χ1) is 4.24. The summed E-state index contributed by atoms with van der Waals surface area (Å²) < 4.78 is 2.39. The molecule has 0 saturated heterocycles. The molecule has 9 heavy (non-hydrogen) atoms. The van der Waals surface area contributed by atoms with Crippen LogP contribution in [0.25, 0.3) is 0 Å². The zero-order valence-electron chi connectivity index (χ0n) is 4.80. The molecular formula is C5H4IN3. The first-order valence-electron chi connectivity index (χ1n) is 2.33. The highest BCUT2D eigenvalue weighted by atomic mass is 127. The van der Waals surface area contributed by atoms with Gasteiger partial charge in [-0.05, 0) is 22.6 Å². The van der Waals surface area contributed by atoms with E-state index in [1.165, 1.54) is 0 Å². The van der Waals surface area contributed by atoms with Gasteiger partial charge in [-0.15, -0.1) is 0 Å². The Hall–Kier alpha value is -0.570. The minimum absolute atomic E-state index is 0.637. The third kappa shape index (κ3) is 1.21. The molecule has 3 nitrogen and oxygen atoms in total. The van der Waals surface area contributed by atoms with E-state index in [0.717, 1.165) is 3.70 Å². The quantitative estimate of drug-likeness (QED) is 0.624. The van der Waals surface area contributed by atoms with Crippen LogP contribution in [0.1, 0.15) is 5.56 Å². The second-order valence-corrected chi connectivity index (χ2v) is 2.64. The van der Waals surface area contributed by atoms with Crippen molar-refractivity contribution in [2.45, 2.75) is 0 Å². The molecule has 0 spiro atoms. The lowest BCUT2D eigenvalue weighted by Crippen LogP contribution is -1.85. The smallest absolute Gasteiger partial charge is 0.141 e. The lowest BCUT2D eigenvalue weighted by atomic mass is 10.4. The van der Waals surface area contributed by atoms with Crippen LogP contribution in [0.4, 0.5) is 0 Å². The van der Waals surface area contributed by atoms with E-state index in [-0.39, 0.29) is 0 Å². The fourth-order valence-electron chi connectivity index (χ4n) is 0.536. The molecule has 0 radical (unpaired) electrons. The summed E-state index contributed by atoms with van der Waals surface area (Å²) in [6, 6.07) is 2.03. The fourth-order valence-corrected chi connectivity index (χ4v) is 1.14. The highest BCUT2D eigenvalue weighted by Crippen LogP contribution is 2.06. The number of hydrogen-bond donors (Lipinski definition) is 0. The van der Waals surface area contributed by atoms with E-state index in [1.807, 2.05) is 28.7 Å². The Balaban J connectivity index is 3.20. The molecule has 1 aromatic rings. The molecule has 0 aliphatic heterocycles. The van der Waals surface area contributed by atoms with Gasteiger partial charge < -0.3 is 0 Å². The molecule has 0 N–H and O–H groups in total. The molecule has 4 heteroatoms. The predicted octanol–water partition coefficient (Wildman–Crippen LogP) is 0.896. The van der Waals surface area contributed by atoms with Crippen LogP contribution >= 0.6 is 22.6 Å². The number of hydrogen-bond acceptors (Lipinski definition) is 2. The average molecular weight is 233 g/mol. The summed E-state index contributed by atoms with van der Waals surface area (Å²) in [5, 5.41) is 12.4. The molecule has 46 valence electrons. The number of aromatic nitrogens is 2. The Labute approximate surface area is 66.4 Å². The normalized spacial score (nSPS) is 9.00. The third-order valence-electron chi connectivity index (χ3n) is 0.904. The average Bonchev–Trinajstić information content (AvgIpc) is 2.10. The van der Waals surface area contributed by atoms with Crippen LogP contribution in [0.15, 0.2) is 6.20 Å². The fraction of sp³-hybridized carbons (Fsp3) is 0.200. The zero-order chi connectivity index (χ0) is 6.85. The van der Waals surface area contributed by atoms with Crippen molar-refractivity contribution in [3.8, 4) is 6.07 Å². The van der Waals surface area contributed by atoms with Gasteiger partial charge >= 0.3 is 0 Å². The lowest BCUT2D eigenvalue weighted by molar-refractivity contribution is 0.760. The molecule has 1 aromatic heterocycles. The van der Waals surface area contributed by atoms with Crippen LogP contribution in [0.2, 0.25) is 0 Å². The molecular weight excluding hydrogens is 229 g/mol. The van der Waals surface area contributed by atoms with Crippen LogP contribution in [0, 0.1) is 15.0 Å². The molecule has 0 aliphatic rings. The maximum atomic E-state index is 8.42. The van der Waals surface area contributed by atoms with E-state index in [1.54, 1.807) is 17.9 Å². The maximum Gasteiger partial charge on any atom is 0.141 e. The van der Waals surface area contributed by atoms with E-state index < -0.39 is 0 Å². The van der Waals surface area contributed by atoms with Crippen molar-refractivity contribution in [3.05, 3.63) is 15.5 Å². The number of nitriles is 1. The Kier molecular flexibility index (Phi) is 1.71. The van der Waals surface area contributed by atoms with Gasteiger partial charge in [-0.25, -0.2) is 0 Å². The minimum atomic E-state index is 0.637. The molecule has 0 amide bonds. The number of rotatable bonds is 0. The second kappa shape index (κ2) is 2.35. The Bertz CT molecular complexity index is 258.